The highest BCUT2D eigenvalue weighted by Gasteiger charge is 2.66. The molecule has 1 saturated heterocycles. The van der Waals surface area contributed by atoms with Gasteiger partial charge in [0.15, 0.2) is 5.78 Å². The monoisotopic (exact) mass is 789 g/mol. The number of anilines is 1. The number of thiocarbonyl (C=S) groups is 1. The Kier molecular flexibility index (Phi) is 10.6. The summed E-state index contributed by atoms with van der Waals surface area (Å²) in [6.45, 7) is 7.30. The van der Waals surface area contributed by atoms with Gasteiger partial charge in [-0.05, 0) is 71.5 Å². The summed E-state index contributed by atoms with van der Waals surface area (Å²) in [4.78, 5) is 73.3. The summed E-state index contributed by atoms with van der Waals surface area (Å²) >= 11 is 8.37. The number of carbonyl (C=O) groups excluding carboxylic acids is 4. The number of hydrogen-bond donors (Lipinski definition) is 2. The minimum atomic E-state index is -0.815. The third kappa shape index (κ3) is 7.50. The van der Waals surface area contributed by atoms with Crippen molar-refractivity contribution < 1.29 is 23.9 Å². The number of carbonyl (C=O) groups is 4. The van der Waals surface area contributed by atoms with Crippen LogP contribution < -0.4 is 10.6 Å². The molecule has 0 unspecified atom stereocenters. The first-order valence-electron chi connectivity index (χ1n) is 16.9. The highest BCUT2D eigenvalue weighted by molar-refractivity contribution is 9.10. The Hall–Kier alpha value is -4.54. The van der Waals surface area contributed by atoms with Gasteiger partial charge in [0.25, 0.3) is 0 Å². The molecule has 1 aliphatic carbocycles. The minimum Gasteiger partial charge on any atom is -0.380 e. The molecule has 2 N–H and O–H groups in total. The number of pyridine rings is 2. The molecule has 1 aliphatic heterocycles. The van der Waals surface area contributed by atoms with Crippen LogP contribution in [0.3, 0.4) is 0 Å². The summed E-state index contributed by atoms with van der Waals surface area (Å²) in [7, 11) is 1.56. The van der Waals surface area contributed by atoms with Gasteiger partial charge in [-0.2, -0.15) is 5.10 Å². The van der Waals surface area contributed by atoms with Gasteiger partial charge in [0, 0.05) is 60.9 Å². The number of halogens is 1. The van der Waals surface area contributed by atoms with Crippen molar-refractivity contribution in [3.8, 4) is 11.3 Å². The molecular weight excluding hydrogens is 750 g/mol. The van der Waals surface area contributed by atoms with E-state index >= 15 is 0 Å². The maximum Gasteiger partial charge on any atom is 0.248 e. The van der Waals surface area contributed by atoms with Crippen LogP contribution in [0.2, 0.25) is 0 Å². The van der Waals surface area contributed by atoms with Gasteiger partial charge in [0.05, 0.1) is 24.0 Å². The maximum absolute atomic E-state index is 14.4. The van der Waals surface area contributed by atoms with Crippen LogP contribution in [0.15, 0.2) is 41.4 Å². The average molecular weight is 791 g/mol. The SMILES string of the molecule is COCc1ccc(Br)nc1NC(=O)[C@@H]1C[C@@]2(CCNC(=O)C(C)(C)CC=S)C[C@H]2N1C(=O)Cn1nc(C(C)=O)c2cc(-c3cnc(C)nc3)ncc21. The maximum atomic E-state index is 14.4. The van der Waals surface area contributed by atoms with Crippen LogP contribution in [0.1, 0.15) is 68.3 Å². The van der Waals surface area contributed by atoms with Crippen molar-refractivity contribution >= 4 is 73.7 Å². The number of nitrogens with one attached hydrogen (secondary N) is 2. The molecule has 0 bridgehead atoms. The Labute approximate surface area is 314 Å². The highest BCUT2D eigenvalue weighted by atomic mass is 79.9. The number of methoxy groups -OCH3 is 1. The van der Waals surface area contributed by atoms with Crippen LogP contribution in [0.5, 0.6) is 0 Å². The molecule has 3 atom stereocenters. The fraction of sp³-hybridized carbons (Fsp3) is 0.444. The third-order valence-electron chi connectivity index (χ3n) is 9.94. The van der Waals surface area contributed by atoms with E-state index in [9.17, 15) is 19.2 Å². The van der Waals surface area contributed by atoms with E-state index in [1.54, 1.807) is 61.1 Å². The lowest BCUT2D eigenvalue weighted by atomic mass is 9.89. The number of aryl methyl sites for hydroxylation is 1. The van der Waals surface area contributed by atoms with Crippen LogP contribution in [-0.2, 0) is 32.3 Å². The van der Waals surface area contributed by atoms with E-state index in [-0.39, 0.29) is 53.8 Å². The number of likely N-dealkylation sites (tertiary alicyclic amines) is 1. The smallest absolute Gasteiger partial charge is 0.248 e. The number of ether oxygens (including phenoxy) is 1. The highest BCUT2D eigenvalue weighted by Crippen LogP contribution is 2.61. The lowest BCUT2D eigenvalue weighted by Crippen LogP contribution is -2.47. The average Bonchev–Trinajstić information content (AvgIpc) is 3.51. The topological polar surface area (TPSA) is 174 Å². The van der Waals surface area contributed by atoms with Crippen molar-refractivity contribution in [2.45, 2.75) is 78.6 Å². The number of nitrogens with zero attached hydrogens (tertiary/aromatic N) is 7. The fourth-order valence-electron chi connectivity index (χ4n) is 6.93. The Bertz CT molecular complexity index is 2070. The number of piperidine rings is 1. The van der Waals surface area contributed by atoms with E-state index in [4.69, 9.17) is 17.0 Å². The molecule has 0 radical (unpaired) electrons. The molecule has 272 valence electrons. The van der Waals surface area contributed by atoms with Crippen LogP contribution in [-0.4, -0.2) is 89.2 Å². The van der Waals surface area contributed by atoms with Gasteiger partial charge in [-0.3, -0.25) is 28.8 Å². The summed E-state index contributed by atoms with van der Waals surface area (Å²) in [5.41, 5.74) is 1.62. The Balaban J connectivity index is 1.28. The van der Waals surface area contributed by atoms with Crippen molar-refractivity contribution in [3.05, 3.63) is 58.5 Å². The van der Waals surface area contributed by atoms with Gasteiger partial charge >= 0.3 is 0 Å². The molecule has 2 aliphatic rings. The summed E-state index contributed by atoms with van der Waals surface area (Å²) in [5, 5.41) is 12.6. The zero-order chi connectivity index (χ0) is 37.4. The minimum absolute atomic E-state index is 0.104. The van der Waals surface area contributed by atoms with Gasteiger partial charge in [-0.25, -0.2) is 15.0 Å². The number of hydrogen-bond acceptors (Lipinski definition) is 11. The molecule has 3 amide bonds. The standard InChI is InChI=1S/C36H40BrN9O5S/c1-20(47)31-24-12-25(23-15-39-21(2)40-16-23)41-17-27(24)45(44-31)18-30(48)46-26(33(49)43-32-22(19-51-5)6-7-29(37)42-32)13-36(14-28(36)46)8-10-38-34(50)35(3,4)9-11-52/h6-7,11-12,15-17,26,28H,8-10,13-14,18-19H2,1-5H3,(H,38,50)(H,42,43,49)/t26-,28+,36-/m0/s1. The second kappa shape index (κ2) is 14.8. The Morgan fingerprint density at radius 3 is 2.58 bits per heavy atom. The molecule has 52 heavy (non-hydrogen) atoms. The summed E-state index contributed by atoms with van der Waals surface area (Å²) in [5.74, 6) is -0.125. The van der Waals surface area contributed by atoms with Gasteiger partial charge in [0.2, 0.25) is 17.7 Å². The fourth-order valence-corrected chi connectivity index (χ4v) is 7.66. The van der Waals surface area contributed by atoms with Crippen molar-refractivity contribution in [2.24, 2.45) is 10.8 Å². The van der Waals surface area contributed by atoms with E-state index in [1.807, 2.05) is 13.8 Å². The summed E-state index contributed by atoms with van der Waals surface area (Å²) in [6.07, 6.45) is 7.04. The number of Topliss-reactive ketones (excluding diaryl/α,β-unsaturated/α-hetero) is 1. The van der Waals surface area contributed by atoms with Crippen LogP contribution in [0.4, 0.5) is 5.82 Å². The van der Waals surface area contributed by atoms with E-state index in [2.05, 4.69) is 51.6 Å². The van der Waals surface area contributed by atoms with Crippen molar-refractivity contribution in [1.29, 1.82) is 0 Å². The molecule has 0 spiro atoms. The molecule has 4 aromatic heterocycles. The van der Waals surface area contributed by atoms with Gasteiger partial charge in [0.1, 0.15) is 34.5 Å². The lowest BCUT2D eigenvalue weighted by Gasteiger charge is -2.27. The van der Waals surface area contributed by atoms with Gasteiger partial charge in [-0.1, -0.05) is 32.1 Å². The van der Waals surface area contributed by atoms with Gasteiger partial charge < -0.3 is 20.3 Å². The van der Waals surface area contributed by atoms with Crippen LogP contribution in [0.25, 0.3) is 22.2 Å². The zero-order valence-corrected chi connectivity index (χ0v) is 32.0. The predicted octanol–water partition coefficient (Wildman–Crippen LogP) is 4.62. The molecule has 14 nitrogen and oxygen atoms in total. The molecule has 4 aromatic rings. The van der Waals surface area contributed by atoms with Crippen LogP contribution >= 0.6 is 28.1 Å². The summed E-state index contributed by atoms with van der Waals surface area (Å²) in [6, 6.07) is 4.27. The Morgan fingerprint density at radius 2 is 1.88 bits per heavy atom. The van der Waals surface area contributed by atoms with E-state index in [0.29, 0.717) is 76.2 Å². The number of amides is 3. The number of ketones is 1. The van der Waals surface area contributed by atoms with Crippen molar-refractivity contribution in [3.63, 3.8) is 0 Å². The number of fused-ring (bicyclic) bond motifs is 2. The first-order chi connectivity index (χ1) is 24.8. The molecule has 2 fully saturated rings. The molecule has 5 heterocycles. The lowest BCUT2D eigenvalue weighted by molar-refractivity contribution is -0.138. The van der Waals surface area contributed by atoms with Gasteiger partial charge in [-0.15, -0.1) is 0 Å². The van der Waals surface area contributed by atoms with E-state index in [0.717, 1.165) is 0 Å². The molecule has 1 saturated carbocycles. The second-order valence-corrected chi connectivity index (χ2v) is 15.2. The second-order valence-electron chi connectivity index (χ2n) is 14.1. The quantitative estimate of drug-likeness (QED) is 0.104. The first-order valence-corrected chi connectivity index (χ1v) is 18.2. The number of aromatic nitrogens is 6. The first kappa shape index (κ1) is 37.2. The Morgan fingerprint density at radius 1 is 1.13 bits per heavy atom. The van der Waals surface area contributed by atoms with E-state index in [1.165, 1.54) is 11.6 Å². The summed E-state index contributed by atoms with van der Waals surface area (Å²) < 4.78 is 7.32. The number of rotatable bonds is 14. The van der Waals surface area contributed by atoms with Crippen molar-refractivity contribution in [2.75, 3.05) is 19.0 Å². The zero-order valence-electron chi connectivity index (χ0n) is 29.6. The molecule has 6 rings (SSSR count). The molecule has 0 aromatic carbocycles. The largest absolute Gasteiger partial charge is 0.380 e. The molecular formula is C36H40BrN9O5S. The predicted molar refractivity (Wildman–Crippen MR) is 200 cm³/mol. The normalized spacial score (nSPS) is 19.3. The molecule has 16 heteroatoms. The third-order valence-corrected chi connectivity index (χ3v) is 10.6. The van der Waals surface area contributed by atoms with E-state index < -0.39 is 11.5 Å². The van der Waals surface area contributed by atoms with Crippen molar-refractivity contribution in [1.82, 2.24) is 39.9 Å². The van der Waals surface area contributed by atoms with Crippen LogP contribution in [0, 0.1) is 17.8 Å².